The summed E-state index contributed by atoms with van der Waals surface area (Å²) >= 11 is 0. The van der Waals surface area contributed by atoms with Crippen molar-refractivity contribution in [1.29, 1.82) is 0 Å². The number of benzene rings is 5. The molecule has 2 nitrogen and oxygen atoms in total. The SMILES string of the molecule is CCCc1ccc(-c2cc(F)c(C(F)(F)Oc3ccc(-c4ccc(-c5ccc(OC(F)(F)F)c(F)c5)c(F)c4)cc3)c(F)c2)cc1. The molecule has 0 amide bonds. The van der Waals surface area contributed by atoms with Gasteiger partial charge in [-0.25, -0.2) is 17.6 Å². The zero-order valence-corrected chi connectivity index (χ0v) is 23.9. The highest BCUT2D eigenvalue weighted by Gasteiger charge is 2.41. The smallest absolute Gasteiger partial charge is 0.429 e. The predicted molar refractivity (Wildman–Crippen MR) is 154 cm³/mol. The molecule has 0 bridgehead atoms. The zero-order chi connectivity index (χ0) is 33.2. The molecule has 0 aliphatic carbocycles. The number of ether oxygens (including phenoxy) is 2. The lowest BCUT2D eigenvalue weighted by Crippen LogP contribution is -2.25. The van der Waals surface area contributed by atoms with Gasteiger partial charge in [-0.3, -0.25) is 0 Å². The molecule has 0 aliphatic rings. The maximum absolute atomic E-state index is 15.0. The van der Waals surface area contributed by atoms with Crippen molar-refractivity contribution < 1.29 is 49.0 Å². The van der Waals surface area contributed by atoms with Crippen LogP contribution < -0.4 is 9.47 Å². The molecule has 0 spiro atoms. The molecule has 0 unspecified atom stereocenters. The molecule has 46 heavy (non-hydrogen) atoms. The summed E-state index contributed by atoms with van der Waals surface area (Å²) in [4.78, 5) is 0. The highest BCUT2D eigenvalue weighted by atomic mass is 19.4. The van der Waals surface area contributed by atoms with E-state index in [2.05, 4.69) is 9.47 Å². The van der Waals surface area contributed by atoms with Crippen molar-refractivity contribution in [2.45, 2.75) is 32.2 Å². The third-order valence-electron chi connectivity index (χ3n) is 7.03. The molecule has 0 heterocycles. The van der Waals surface area contributed by atoms with Gasteiger partial charge in [0.25, 0.3) is 0 Å². The molecule has 5 aromatic carbocycles. The van der Waals surface area contributed by atoms with E-state index in [0.29, 0.717) is 17.2 Å². The fraction of sp³-hybridized carbons (Fsp3) is 0.143. The normalized spacial score (nSPS) is 11.9. The molecule has 0 saturated heterocycles. The molecule has 0 N–H and O–H groups in total. The number of rotatable bonds is 9. The average Bonchev–Trinajstić information content (AvgIpc) is 2.98. The van der Waals surface area contributed by atoms with Crippen LogP contribution in [-0.4, -0.2) is 6.36 Å². The van der Waals surface area contributed by atoms with Gasteiger partial charge in [0.2, 0.25) is 0 Å². The molecular weight excluding hydrogens is 623 g/mol. The standard InChI is InChI=1S/C35H23F9O2/c1-2-3-20-4-6-22(7-5-20)25-18-30(38)33(31(39)19-25)34(40,41)45-26-12-8-21(9-13-26)23-10-14-27(28(36)16-23)24-11-15-32(29(37)17-24)46-35(42,43)44/h4-19H,2-3H2,1H3. The summed E-state index contributed by atoms with van der Waals surface area (Å²) in [5.74, 6) is -6.69. The Labute approximate surface area is 257 Å². The van der Waals surface area contributed by atoms with Crippen molar-refractivity contribution in [3.05, 3.63) is 131 Å². The van der Waals surface area contributed by atoms with Crippen LogP contribution in [0.25, 0.3) is 33.4 Å². The molecule has 0 saturated carbocycles. The van der Waals surface area contributed by atoms with E-state index in [0.717, 1.165) is 60.9 Å². The van der Waals surface area contributed by atoms with Gasteiger partial charge < -0.3 is 9.47 Å². The molecule has 238 valence electrons. The Balaban J connectivity index is 1.32. The van der Waals surface area contributed by atoms with E-state index < -0.39 is 52.8 Å². The molecular formula is C35H23F9O2. The molecule has 0 radical (unpaired) electrons. The second-order valence-electron chi connectivity index (χ2n) is 10.3. The Bertz CT molecular complexity index is 1830. The molecule has 0 fully saturated rings. The summed E-state index contributed by atoms with van der Waals surface area (Å²) in [7, 11) is 0. The highest BCUT2D eigenvalue weighted by Crippen LogP contribution is 2.38. The molecule has 5 rings (SSSR count). The van der Waals surface area contributed by atoms with Crippen LogP contribution in [0.5, 0.6) is 11.5 Å². The lowest BCUT2D eigenvalue weighted by Gasteiger charge is -2.20. The van der Waals surface area contributed by atoms with E-state index in [1.54, 1.807) is 24.3 Å². The Morgan fingerprint density at radius 3 is 1.61 bits per heavy atom. The van der Waals surface area contributed by atoms with Gasteiger partial charge in [-0.15, -0.1) is 13.2 Å². The molecule has 0 atom stereocenters. The fourth-order valence-electron chi connectivity index (χ4n) is 4.89. The van der Waals surface area contributed by atoms with E-state index in [4.69, 9.17) is 0 Å². The molecule has 11 heteroatoms. The third-order valence-corrected chi connectivity index (χ3v) is 7.03. The highest BCUT2D eigenvalue weighted by molar-refractivity contribution is 5.72. The van der Waals surface area contributed by atoms with Crippen LogP contribution in [0.15, 0.2) is 97.1 Å². The van der Waals surface area contributed by atoms with Crippen LogP contribution in [0.4, 0.5) is 39.5 Å². The predicted octanol–water partition coefficient (Wildman–Crippen LogP) is 11.2. The summed E-state index contributed by atoms with van der Waals surface area (Å²) in [5, 5.41) is 0. The van der Waals surface area contributed by atoms with Gasteiger partial charge in [-0.2, -0.15) is 8.78 Å². The minimum atomic E-state index is -5.11. The number of aryl methyl sites for hydroxylation is 1. The lowest BCUT2D eigenvalue weighted by molar-refractivity contribution is -0.275. The van der Waals surface area contributed by atoms with Crippen molar-refractivity contribution in [2.24, 2.45) is 0 Å². The first-order chi connectivity index (χ1) is 21.7. The van der Waals surface area contributed by atoms with Crippen molar-refractivity contribution >= 4 is 0 Å². The minimum Gasteiger partial charge on any atom is -0.429 e. The van der Waals surface area contributed by atoms with E-state index in [-0.39, 0.29) is 22.3 Å². The Kier molecular flexibility index (Phi) is 9.05. The van der Waals surface area contributed by atoms with Crippen LogP contribution in [0, 0.1) is 23.3 Å². The minimum absolute atomic E-state index is 0.0561. The maximum atomic E-state index is 15.0. The van der Waals surface area contributed by atoms with Crippen LogP contribution in [-0.2, 0) is 12.5 Å². The molecule has 5 aromatic rings. The summed E-state index contributed by atoms with van der Waals surface area (Å²) in [5.41, 5.74) is 0.437. The van der Waals surface area contributed by atoms with Crippen molar-refractivity contribution in [3.8, 4) is 44.9 Å². The first-order valence-corrected chi connectivity index (χ1v) is 13.9. The van der Waals surface area contributed by atoms with Gasteiger partial charge >= 0.3 is 12.5 Å². The van der Waals surface area contributed by atoms with Gasteiger partial charge in [0.1, 0.15) is 28.8 Å². The number of hydrogen-bond donors (Lipinski definition) is 0. The Morgan fingerprint density at radius 1 is 0.522 bits per heavy atom. The second-order valence-corrected chi connectivity index (χ2v) is 10.3. The van der Waals surface area contributed by atoms with Gasteiger partial charge in [0.05, 0.1) is 0 Å². The topological polar surface area (TPSA) is 18.5 Å². The molecule has 0 aliphatic heterocycles. The van der Waals surface area contributed by atoms with Crippen molar-refractivity contribution in [2.75, 3.05) is 0 Å². The summed E-state index contributed by atoms with van der Waals surface area (Å²) < 4.78 is 134. The van der Waals surface area contributed by atoms with Gasteiger partial charge in [0.15, 0.2) is 11.6 Å². The van der Waals surface area contributed by atoms with Crippen molar-refractivity contribution in [3.63, 3.8) is 0 Å². The van der Waals surface area contributed by atoms with E-state index >= 15 is 8.78 Å². The van der Waals surface area contributed by atoms with E-state index in [1.807, 2.05) is 6.92 Å². The van der Waals surface area contributed by atoms with E-state index in [9.17, 15) is 30.7 Å². The summed E-state index contributed by atoms with van der Waals surface area (Å²) in [6.07, 6.45) is -7.76. The van der Waals surface area contributed by atoms with E-state index in [1.165, 1.54) is 24.3 Å². The third kappa shape index (κ3) is 7.30. The zero-order valence-electron chi connectivity index (χ0n) is 23.9. The first-order valence-electron chi connectivity index (χ1n) is 13.9. The number of halogens is 9. The number of hydrogen-bond acceptors (Lipinski definition) is 2. The van der Waals surface area contributed by atoms with Crippen LogP contribution >= 0.6 is 0 Å². The summed E-state index contributed by atoms with van der Waals surface area (Å²) in [6, 6.07) is 19.6. The first kappa shape index (κ1) is 32.5. The lowest BCUT2D eigenvalue weighted by atomic mass is 9.99. The quantitative estimate of drug-likeness (QED) is 0.148. The van der Waals surface area contributed by atoms with Crippen LogP contribution in [0.3, 0.4) is 0 Å². The Morgan fingerprint density at radius 2 is 1.04 bits per heavy atom. The van der Waals surface area contributed by atoms with Gasteiger partial charge in [-0.1, -0.05) is 67.9 Å². The van der Waals surface area contributed by atoms with Crippen LogP contribution in [0.2, 0.25) is 0 Å². The van der Waals surface area contributed by atoms with Gasteiger partial charge in [0, 0.05) is 5.56 Å². The Hall–Kier alpha value is -4.93. The number of alkyl halides is 5. The molecule has 0 aromatic heterocycles. The van der Waals surface area contributed by atoms with Crippen molar-refractivity contribution in [1.82, 2.24) is 0 Å². The second kappa shape index (κ2) is 12.8. The van der Waals surface area contributed by atoms with Crippen LogP contribution in [0.1, 0.15) is 24.5 Å². The average molecular weight is 647 g/mol. The van der Waals surface area contributed by atoms with Gasteiger partial charge in [-0.05, 0) is 82.3 Å². The summed E-state index contributed by atoms with van der Waals surface area (Å²) in [6.45, 7) is 2.01. The monoisotopic (exact) mass is 646 g/mol. The maximum Gasteiger partial charge on any atom is 0.573 e. The largest absolute Gasteiger partial charge is 0.573 e. The fourth-order valence-corrected chi connectivity index (χ4v) is 4.89.